The smallest absolute Gasteiger partial charge is 0.248 e. The molecule has 0 aliphatic rings. The Morgan fingerprint density at radius 3 is 2.82 bits per heavy atom. The third kappa shape index (κ3) is 1.61. The number of aromatic nitrogens is 3. The molecular weight excluding hydrogens is 221 g/mol. The molecule has 0 atom stereocenters. The zero-order valence-corrected chi connectivity index (χ0v) is 8.70. The van der Waals surface area contributed by atoms with E-state index in [1.807, 2.05) is 0 Å². The average Bonchev–Trinajstić information content (AvgIpc) is 2.75. The van der Waals surface area contributed by atoms with Gasteiger partial charge >= 0.3 is 0 Å². The Morgan fingerprint density at radius 1 is 1.18 bits per heavy atom. The summed E-state index contributed by atoms with van der Waals surface area (Å²) < 4.78 is 13.3. The van der Waals surface area contributed by atoms with E-state index in [9.17, 15) is 9.18 Å². The molecule has 0 unspecified atom stereocenters. The van der Waals surface area contributed by atoms with Crippen LogP contribution in [0.2, 0.25) is 0 Å². The highest BCUT2D eigenvalue weighted by Crippen LogP contribution is 2.22. The first kappa shape index (κ1) is 9.77. The summed E-state index contributed by atoms with van der Waals surface area (Å²) in [5.41, 5.74) is 1.51. The van der Waals surface area contributed by atoms with Crippen LogP contribution in [0.3, 0.4) is 0 Å². The molecule has 3 rings (SSSR count). The Balaban J connectivity index is 2.24. The molecule has 4 nitrogen and oxygen atoms in total. The van der Waals surface area contributed by atoms with Crippen LogP contribution >= 0.6 is 0 Å². The number of benzene rings is 1. The van der Waals surface area contributed by atoms with E-state index in [2.05, 4.69) is 15.0 Å². The van der Waals surface area contributed by atoms with Gasteiger partial charge in [-0.05, 0) is 23.6 Å². The maximum atomic E-state index is 13.3. The Morgan fingerprint density at radius 2 is 2.06 bits per heavy atom. The van der Waals surface area contributed by atoms with Gasteiger partial charge in [-0.1, -0.05) is 6.07 Å². The molecule has 0 aliphatic carbocycles. The molecule has 0 radical (unpaired) electrons. The van der Waals surface area contributed by atoms with E-state index >= 15 is 0 Å². The van der Waals surface area contributed by atoms with Gasteiger partial charge in [-0.3, -0.25) is 4.79 Å². The molecule has 0 saturated carbocycles. The second kappa shape index (κ2) is 3.55. The first-order chi connectivity index (χ1) is 8.24. The van der Waals surface area contributed by atoms with Crippen molar-refractivity contribution in [3.05, 3.63) is 53.0 Å². The van der Waals surface area contributed by atoms with Crippen molar-refractivity contribution in [2.75, 3.05) is 0 Å². The molecule has 2 aromatic heterocycles. The molecule has 0 spiro atoms. The van der Waals surface area contributed by atoms with Crippen molar-refractivity contribution < 1.29 is 4.39 Å². The van der Waals surface area contributed by atoms with Crippen molar-refractivity contribution in [1.82, 2.24) is 15.0 Å². The second-order valence-corrected chi connectivity index (χ2v) is 3.69. The molecule has 84 valence electrons. The molecule has 0 saturated heterocycles. The number of nitrogens with zero attached hydrogens (tertiary/aromatic N) is 1. The van der Waals surface area contributed by atoms with Crippen LogP contribution in [-0.4, -0.2) is 15.0 Å². The fraction of sp³-hybridized carbons (Fsp3) is 0. The lowest BCUT2D eigenvalue weighted by Gasteiger charge is -2.00. The largest absolute Gasteiger partial charge is 0.322 e. The molecular formula is C12H8FN3O. The lowest BCUT2D eigenvalue weighted by molar-refractivity contribution is 0.594. The average molecular weight is 229 g/mol. The van der Waals surface area contributed by atoms with Crippen molar-refractivity contribution in [2.45, 2.75) is 0 Å². The fourth-order valence-corrected chi connectivity index (χ4v) is 1.78. The van der Waals surface area contributed by atoms with Crippen LogP contribution in [0, 0.1) is 5.95 Å². The van der Waals surface area contributed by atoms with Crippen LogP contribution in [-0.2, 0) is 0 Å². The summed E-state index contributed by atoms with van der Waals surface area (Å²) in [4.78, 5) is 20.1. The third-order valence-corrected chi connectivity index (χ3v) is 2.59. The second-order valence-electron chi connectivity index (χ2n) is 3.69. The van der Waals surface area contributed by atoms with Gasteiger partial charge < -0.3 is 9.97 Å². The Hall–Kier alpha value is -2.43. The van der Waals surface area contributed by atoms with Gasteiger partial charge in [0.1, 0.15) is 5.69 Å². The Bertz CT molecular complexity index is 745. The van der Waals surface area contributed by atoms with Gasteiger partial charge in [-0.2, -0.15) is 4.39 Å². The summed E-state index contributed by atoms with van der Waals surface area (Å²) >= 11 is 0. The maximum absolute atomic E-state index is 13.3. The summed E-state index contributed by atoms with van der Waals surface area (Å²) in [7, 11) is 0. The molecule has 2 heterocycles. The topological polar surface area (TPSA) is 61.5 Å². The monoisotopic (exact) mass is 229 g/mol. The number of pyridine rings is 1. The summed E-state index contributed by atoms with van der Waals surface area (Å²) in [5, 5.41) is 0.838. The number of fused-ring (bicyclic) bond motifs is 1. The van der Waals surface area contributed by atoms with Gasteiger partial charge in [0.15, 0.2) is 0 Å². The van der Waals surface area contributed by atoms with Gasteiger partial charge in [0.2, 0.25) is 11.5 Å². The van der Waals surface area contributed by atoms with Crippen LogP contribution in [0.5, 0.6) is 0 Å². The highest BCUT2D eigenvalue weighted by Gasteiger charge is 2.08. The first-order valence-corrected chi connectivity index (χ1v) is 5.06. The van der Waals surface area contributed by atoms with Crippen LogP contribution in [0.25, 0.3) is 22.2 Å². The summed E-state index contributed by atoms with van der Waals surface area (Å²) in [6.45, 7) is 0. The standard InChI is InChI=1S/C12H8FN3O/c13-12-11(14-6-15-12)8-1-3-9-7(5-8)2-4-10(17)16-9/h1-6H,(H,14,15)(H,16,17). The first-order valence-electron chi connectivity index (χ1n) is 5.06. The number of hydrogen-bond acceptors (Lipinski definition) is 2. The lowest BCUT2D eigenvalue weighted by atomic mass is 10.1. The number of nitrogens with one attached hydrogen (secondary N) is 2. The van der Waals surface area contributed by atoms with Crippen molar-refractivity contribution >= 4 is 10.9 Å². The number of aromatic amines is 2. The van der Waals surface area contributed by atoms with Gasteiger partial charge in [0, 0.05) is 17.1 Å². The van der Waals surface area contributed by atoms with E-state index in [4.69, 9.17) is 0 Å². The highest BCUT2D eigenvalue weighted by molar-refractivity contribution is 5.83. The minimum atomic E-state index is -0.464. The Kier molecular flexibility index (Phi) is 2.04. The predicted molar refractivity (Wildman–Crippen MR) is 62.1 cm³/mol. The zero-order chi connectivity index (χ0) is 11.8. The van der Waals surface area contributed by atoms with Gasteiger partial charge in [0.05, 0.1) is 6.33 Å². The lowest BCUT2D eigenvalue weighted by Crippen LogP contribution is -2.02. The van der Waals surface area contributed by atoms with Crippen molar-refractivity contribution in [3.8, 4) is 11.3 Å². The number of rotatable bonds is 1. The molecule has 5 heteroatoms. The van der Waals surface area contributed by atoms with Crippen LogP contribution in [0.1, 0.15) is 0 Å². The molecule has 2 N–H and O–H groups in total. The molecule has 1 aromatic carbocycles. The third-order valence-electron chi connectivity index (χ3n) is 2.59. The molecule has 0 fully saturated rings. The SMILES string of the molecule is O=c1ccc2cc(-c3nc[nH]c3F)ccc2[nH]1. The van der Waals surface area contributed by atoms with E-state index in [-0.39, 0.29) is 11.3 Å². The quantitative estimate of drug-likeness (QED) is 0.670. The van der Waals surface area contributed by atoms with Gasteiger partial charge in [-0.15, -0.1) is 0 Å². The summed E-state index contributed by atoms with van der Waals surface area (Å²) in [5.74, 6) is -0.464. The fourth-order valence-electron chi connectivity index (χ4n) is 1.78. The van der Waals surface area contributed by atoms with Crippen LogP contribution in [0.15, 0.2) is 41.5 Å². The number of hydrogen-bond donors (Lipinski definition) is 2. The summed E-state index contributed by atoms with van der Waals surface area (Å²) in [6, 6.07) is 8.37. The number of halogens is 1. The van der Waals surface area contributed by atoms with Gasteiger partial charge in [0.25, 0.3) is 0 Å². The summed E-state index contributed by atoms with van der Waals surface area (Å²) in [6.07, 6.45) is 1.31. The van der Waals surface area contributed by atoms with Gasteiger partial charge in [-0.25, -0.2) is 4.98 Å². The van der Waals surface area contributed by atoms with Crippen molar-refractivity contribution in [3.63, 3.8) is 0 Å². The molecule has 17 heavy (non-hydrogen) atoms. The normalized spacial score (nSPS) is 10.9. The molecule has 0 bridgehead atoms. The molecule has 0 amide bonds. The van der Waals surface area contributed by atoms with E-state index < -0.39 is 5.95 Å². The molecule has 3 aromatic rings. The van der Waals surface area contributed by atoms with E-state index in [0.717, 1.165) is 10.9 Å². The predicted octanol–water partition coefficient (Wildman–Crippen LogP) is 2.06. The minimum Gasteiger partial charge on any atom is -0.322 e. The highest BCUT2D eigenvalue weighted by atomic mass is 19.1. The van der Waals surface area contributed by atoms with E-state index in [1.165, 1.54) is 12.4 Å². The minimum absolute atomic E-state index is 0.156. The molecule has 0 aliphatic heterocycles. The number of H-pyrrole nitrogens is 2. The van der Waals surface area contributed by atoms with E-state index in [1.54, 1.807) is 24.3 Å². The zero-order valence-electron chi connectivity index (χ0n) is 8.70. The van der Waals surface area contributed by atoms with Crippen molar-refractivity contribution in [1.29, 1.82) is 0 Å². The maximum Gasteiger partial charge on any atom is 0.248 e. The van der Waals surface area contributed by atoms with E-state index in [0.29, 0.717) is 5.56 Å². The van der Waals surface area contributed by atoms with Crippen LogP contribution < -0.4 is 5.56 Å². The van der Waals surface area contributed by atoms with Crippen molar-refractivity contribution in [2.24, 2.45) is 0 Å². The number of imidazole rings is 1. The van der Waals surface area contributed by atoms with Crippen LogP contribution in [0.4, 0.5) is 4.39 Å². The Labute approximate surface area is 95.1 Å².